The summed E-state index contributed by atoms with van der Waals surface area (Å²) in [5.74, 6) is -0.627. The number of alkyl carbamates (subject to hydrolysis) is 1. The maximum atomic E-state index is 12.1. The minimum absolute atomic E-state index is 0.0342. The topological polar surface area (TPSA) is 106 Å². The molecule has 0 bridgehead atoms. The van der Waals surface area contributed by atoms with Crippen LogP contribution in [-0.2, 0) is 14.3 Å². The average Bonchev–Trinajstić information content (AvgIpc) is 2.93. The number of carbonyl (C=O) groups is 3. The fourth-order valence-electron chi connectivity index (χ4n) is 2.51. The van der Waals surface area contributed by atoms with E-state index in [0.717, 1.165) is 0 Å². The molecule has 0 aromatic heterocycles. The molecule has 0 radical (unpaired) electrons. The summed E-state index contributed by atoms with van der Waals surface area (Å²) in [5, 5.41) is 7.40. The zero-order chi connectivity index (χ0) is 15.7. The lowest BCUT2D eigenvalue weighted by atomic mass is 9.83. The normalized spacial score (nSPS) is 29.0. The van der Waals surface area contributed by atoms with Crippen LogP contribution in [0.4, 0.5) is 9.59 Å². The Balaban J connectivity index is 2.05. The van der Waals surface area contributed by atoms with E-state index in [1.165, 1.54) is 0 Å². The summed E-state index contributed by atoms with van der Waals surface area (Å²) in [6.45, 7) is 6.10. The van der Waals surface area contributed by atoms with Gasteiger partial charge in [-0.15, -0.1) is 0 Å². The maximum Gasteiger partial charge on any atom is 0.407 e. The van der Waals surface area contributed by atoms with Crippen molar-refractivity contribution in [3.8, 4) is 0 Å². The van der Waals surface area contributed by atoms with Crippen LogP contribution in [0, 0.1) is 5.92 Å². The zero-order valence-electron chi connectivity index (χ0n) is 12.4. The van der Waals surface area contributed by atoms with Gasteiger partial charge < -0.3 is 20.1 Å². The summed E-state index contributed by atoms with van der Waals surface area (Å²) < 4.78 is 10.4. The second-order valence-corrected chi connectivity index (χ2v) is 6.30. The molecule has 0 spiro atoms. The molecule has 2 unspecified atom stereocenters. The smallest absolute Gasteiger partial charge is 0.407 e. The molecule has 0 aromatic carbocycles. The highest BCUT2D eigenvalue weighted by Gasteiger charge is 2.53. The van der Waals surface area contributed by atoms with E-state index >= 15 is 0 Å². The van der Waals surface area contributed by atoms with Crippen LogP contribution in [-0.4, -0.2) is 48.9 Å². The molecule has 4 amide bonds. The van der Waals surface area contributed by atoms with Gasteiger partial charge in [0.25, 0.3) is 5.91 Å². The minimum atomic E-state index is -1.18. The molecule has 2 heterocycles. The molecule has 21 heavy (non-hydrogen) atoms. The van der Waals surface area contributed by atoms with Crippen molar-refractivity contribution in [3.63, 3.8) is 0 Å². The summed E-state index contributed by atoms with van der Waals surface area (Å²) in [6, 6.07) is -0.558. The van der Waals surface area contributed by atoms with Gasteiger partial charge >= 0.3 is 12.1 Å². The molecule has 2 rings (SSSR count). The van der Waals surface area contributed by atoms with E-state index in [0.29, 0.717) is 19.6 Å². The van der Waals surface area contributed by atoms with Crippen LogP contribution in [0.3, 0.4) is 0 Å². The molecule has 8 nitrogen and oxygen atoms in total. The van der Waals surface area contributed by atoms with Gasteiger partial charge in [-0.1, -0.05) is 0 Å². The van der Waals surface area contributed by atoms with Crippen LogP contribution in [0.2, 0.25) is 0 Å². The fraction of sp³-hybridized carbons (Fsp3) is 0.769. The monoisotopic (exact) mass is 299 g/mol. The van der Waals surface area contributed by atoms with Gasteiger partial charge in [-0.25, -0.2) is 9.59 Å². The minimum Gasteiger partial charge on any atom is -0.444 e. The number of urea groups is 1. The molecule has 0 saturated carbocycles. The van der Waals surface area contributed by atoms with Gasteiger partial charge in [0.1, 0.15) is 11.1 Å². The summed E-state index contributed by atoms with van der Waals surface area (Å²) in [6.07, 6.45) is 0.0127. The van der Waals surface area contributed by atoms with Gasteiger partial charge in [-0.3, -0.25) is 10.1 Å². The molecule has 0 aromatic rings. The van der Waals surface area contributed by atoms with Gasteiger partial charge in [-0.2, -0.15) is 0 Å². The van der Waals surface area contributed by atoms with E-state index in [1.54, 1.807) is 20.8 Å². The van der Waals surface area contributed by atoms with Crippen LogP contribution in [0.1, 0.15) is 27.2 Å². The molecule has 2 atom stereocenters. The Labute approximate surface area is 122 Å². The zero-order valence-corrected chi connectivity index (χ0v) is 12.4. The fourth-order valence-corrected chi connectivity index (χ4v) is 2.51. The third-order valence-corrected chi connectivity index (χ3v) is 3.51. The SMILES string of the molecule is CC(C)(C)OC(=O)NCC1(C2CCOC2)NC(=O)NC1=O. The highest BCUT2D eigenvalue weighted by Crippen LogP contribution is 2.28. The predicted molar refractivity (Wildman–Crippen MR) is 72.6 cm³/mol. The van der Waals surface area contributed by atoms with E-state index < -0.39 is 29.2 Å². The van der Waals surface area contributed by atoms with Crippen molar-refractivity contribution in [1.29, 1.82) is 0 Å². The second-order valence-electron chi connectivity index (χ2n) is 6.30. The number of nitrogens with one attached hydrogen (secondary N) is 3. The quantitative estimate of drug-likeness (QED) is 0.642. The maximum absolute atomic E-state index is 12.1. The summed E-state index contributed by atoms with van der Waals surface area (Å²) in [4.78, 5) is 35.4. The van der Waals surface area contributed by atoms with Crippen molar-refractivity contribution in [1.82, 2.24) is 16.0 Å². The third-order valence-electron chi connectivity index (χ3n) is 3.51. The lowest BCUT2D eigenvalue weighted by Crippen LogP contribution is -2.60. The molecule has 2 fully saturated rings. The Morgan fingerprint density at radius 3 is 2.67 bits per heavy atom. The van der Waals surface area contributed by atoms with Crippen molar-refractivity contribution in [2.24, 2.45) is 5.92 Å². The van der Waals surface area contributed by atoms with Gasteiger partial charge in [0.2, 0.25) is 0 Å². The van der Waals surface area contributed by atoms with Crippen molar-refractivity contribution in [3.05, 3.63) is 0 Å². The van der Waals surface area contributed by atoms with Crippen molar-refractivity contribution in [2.45, 2.75) is 38.3 Å². The lowest BCUT2D eigenvalue weighted by molar-refractivity contribution is -0.125. The molecule has 2 aliphatic rings. The van der Waals surface area contributed by atoms with Crippen LogP contribution >= 0.6 is 0 Å². The Bertz CT molecular complexity index is 453. The molecule has 3 N–H and O–H groups in total. The predicted octanol–water partition coefficient (Wildman–Crippen LogP) is 0.126. The third kappa shape index (κ3) is 3.44. The molecule has 0 aliphatic carbocycles. The first-order chi connectivity index (χ1) is 9.73. The average molecular weight is 299 g/mol. The van der Waals surface area contributed by atoms with E-state index in [2.05, 4.69) is 16.0 Å². The molecular weight excluding hydrogens is 278 g/mol. The number of imide groups is 1. The van der Waals surface area contributed by atoms with E-state index in [-0.39, 0.29) is 12.5 Å². The van der Waals surface area contributed by atoms with Crippen LogP contribution in [0.5, 0.6) is 0 Å². The first-order valence-electron chi connectivity index (χ1n) is 6.91. The molecule has 2 aliphatic heterocycles. The number of rotatable bonds is 3. The Morgan fingerprint density at radius 2 is 2.19 bits per heavy atom. The van der Waals surface area contributed by atoms with Crippen LogP contribution in [0.15, 0.2) is 0 Å². The number of amides is 4. The highest BCUT2D eigenvalue weighted by molar-refractivity contribution is 6.07. The second kappa shape index (κ2) is 5.51. The first-order valence-corrected chi connectivity index (χ1v) is 6.91. The number of hydrogen-bond donors (Lipinski definition) is 3. The summed E-state index contributed by atoms with van der Waals surface area (Å²) >= 11 is 0. The highest BCUT2D eigenvalue weighted by atomic mass is 16.6. The Hall–Kier alpha value is -1.83. The van der Waals surface area contributed by atoms with Crippen LogP contribution < -0.4 is 16.0 Å². The van der Waals surface area contributed by atoms with Crippen molar-refractivity contribution >= 4 is 18.0 Å². The van der Waals surface area contributed by atoms with Gasteiger partial charge in [0.15, 0.2) is 0 Å². The number of hydrogen-bond acceptors (Lipinski definition) is 5. The van der Waals surface area contributed by atoms with E-state index in [4.69, 9.17) is 9.47 Å². The lowest BCUT2D eigenvalue weighted by Gasteiger charge is -2.31. The number of ether oxygens (including phenoxy) is 2. The molecule has 2 saturated heterocycles. The van der Waals surface area contributed by atoms with Crippen LogP contribution in [0.25, 0.3) is 0 Å². The number of carbonyl (C=O) groups excluding carboxylic acids is 3. The summed E-state index contributed by atoms with van der Waals surface area (Å²) in [7, 11) is 0. The Morgan fingerprint density at radius 1 is 1.48 bits per heavy atom. The van der Waals surface area contributed by atoms with E-state index in [9.17, 15) is 14.4 Å². The van der Waals surface area contributed by atoms with Gasteiger partial charge in [0.05, 0.1) is 13.2 Å². The largest absolute Gasteiger partial charge is 0.444 e. The van der Waals surface area contributed by atoms with Crippen molar-refractivity contribution < 1.29 is 23.9 Å². The summed E-state index contributed by atoms with van der Waals surface area (Å²) in [5.41, 5.74) is -1.81. The molecule has 118 valence electrons. The van der Waals surface area contributed by atoms with Crippen molar-refractivity contribution in [2.75, 3.05) is 19.8 Å². The Kier molecular flexibility index (Phi) is 4.08. The van der Waals surface area contributed by atoms with Gasteiger partial charge in [0, 0.05) is 12.5 Å². The molecular formula is C13H21N3O5. The molecule has 8 heteroatoms. The van der Waals surface area contributed by atoms with E-state index in [1.807, 2.05) is 0 Å². The van der Waals surface area contributed by atoms with Gasteiger partial charge in [-0.05, 0) is 27.2 Å². The first kappa shape index (κ1) is 15.6. The standard InChI is InChI=1S/C13H21N3O5/c1-12(2,3)21-11(19)14-7-13(8-4-5-20-6-8)9(17)15-10(18)16-13/h8H,4-7H2,1-3H3,(H,14,19)(H2,15,16,17,18).